The minimum Gasteiger partial charge on any atom is -0.323 e. The molecular formula is C10H12N6O3S. The molecule has 20 heavy (non-hydrogen) atoms. The first-order chi connectivity index (χ1) is 9.42. The van der Waals surface area contributed by atoms with Crippen LogP contribution in [-0.2, 0) is 21.4 Å². The van der Waals surface area contributed by atoms with Gasteiger partial charge >= 0.3 is 0 Å². The first-order valence-corrected chi connectivity index (χ1v) is 7.39. The smallest absolute Gasteiger partial charge is 0.246 e. The number of nitrogens with zero attached hydrogens (tertiary/aromatic N) is 4. The van der Waals surface area contributed by atoms with Gasteiger partial charge in [-0.15, -0.1) is 5.10 Å². The first kappa shape index (κ1) is 13.9. The summed E-state index contributed by atoms with van der Waals surface area (Å²) in [4.78, 5) is 15.6. The molecule has 10 heteroatoms. The quantitative estimate of drug-likeness (QED) is 0.780. The Morgan fingerprint density at radius 2 is 2.25 bits per heavy atom. The van der Waals surface area contributed by atoms with Crippen molar-refractivity contribution in [1.29, 1.82) is 0 Å². The molecule has 2 aromatic rings. The second-order valence-corrected chi connectivity index (χ2v) is 5.71. The van der Waals surface area contributed by atoms with Gasteiger partial charge in [-0.05, 0) is 12.1 Å². The molecule has 2 aromatic heterocycles. The topological polar surface area (TPSA) is 119 Å². The number of amides is 1. The Labute approximate surface area is 115 Å². The number of hydrogen-bond donors (Lipinski definition) is 2. The van der Waals surface area contributed by atoms with Crippen LogP contribution in [0.2, 0.25) is 0 Å². The van der Waals surface area contributed by atoms with E-state index in [2.05, 4.69) is 25.3 Å². The predicted molar refractivity (Wildman–Crippen MR) is 71.4 cm³/mol. The first-order valence-electron chi connectivity index (χ1n) is 5.50. The lowest BCUT2D eigenvalue weighted by molar-refractivity contribution is -0.116. The molecule has 0 aliphatic heterocycles. The van der Waals surface area contributed by atoms with Gasteiger partial charge in [0.2, 0.25) is 15.9 Å². The van der Waals surface area contributed by atoms with E-state index < -0.39 is 10.0 Å². The van der Waals surface area contributed by atoms with Crippen molar-refractivity contribution in [3.05, 3.63) is 30.7 Å². The van der Waals surface area contributed by atoms with E-state index in [9.17, 15) is 13.2 Å². The second kappa shape index (κ2) is 5.65. The summed E-state index contributed by atoms with van der Waals surface area (Å²) in [6, 6.07) is 3.39. The van der Waals surface area contributed by atoms with E-state index in [1.54, 1.807) is 18.3 Å². The van der Waals surface area contributed by atoms with Crippen LogP contribution in [0.25, 0.3) is 0 Å². The second-order valence-electron chi connectivity index (χ2n) is 3.97. The van der Waals surface area contributed by atoms with E-state index >= 15 is 0 Å². The van der Waals surface area contributed by atoms with Crippen LogP contribution in [0, 0.1) is 0 Å². The molecule has 0 bridgehead atoms. The summed E-state index contributed by atoms with van der Waals surface area (Å²) in [6.45, 7) is -0.0899. The maximum Gasteiger partial charge on any atom is 0.246 e. The minimum absolute atomic E-state index is 0.0571. The Hall–Kier alpha value is -2.49. The molecule has 1 amide bonds. The number of aromatic nitrogens is 4. The lowest BCUT2D eigenvalue weighted by Crippen LogP contribution is -2.19. The number of anilines is 2. The summed E-state index contributed by atoms with van der Waals surface area (Å²) in [5.74, 6) is -0.268. The Morgan fingerprint density at radius 3 is 2.90 bits per heavy atom. The monoisotopic (exact) mass is 296 g/mol. The van der Waals surface area contributed by atoms with E-state index in [4.69, 9.17) is 0 Å². The average molecular weight is 296 g/mol. The standard InChI is InChI=1S/C10H12N6O3S/c1-20(18,19)14-9-6-16(15-13-9)7-10(17)12-8-3-2-4-11-5-8/h2-6,14H,7H2,1H3,(H,12,17). The highest BCUT2D eigenvalue weighted by Gasteiger charge is 2.09. The largest absolute Gasteiger partial charge is 0.323 e. The predicted octanol–water partition coefficient (Wildman–Crippen LogP) is -0.317. The third-order valence-corrected chi connectivity index (χ3v) is 2.66. The molecule has 2 heterocycles. The molecule has 0 radical (unpaired) electrons. The van der Waals surface area contributed by atoms with Gasteiger partial charge in [-0.25, -0.2) is 13.1 Å². The number of hydrogen-bond acceptors (Lipinski definition) is 6. The van der Waals surface area contributed by atoms with E-state index in [0.29, 0.717) is 5.69 Å². The zero-order chi connectivity index (χ0) is 14.6. The van der Waals surface area contributed by atoms with Crippen molar-refractivity contribution in [3.63, 3.8) is 0 Å². The Balaban J connectivity index is 1.95. The molecule has 2 N–H and O–H groups in total. The fraction of sp³-hybridized carbons (Fsp3) is 0.200. The van der Waals surface area contributed by atoms with Crippen molar-refractivity contribution in [3.8, 4) is 0 Å². The molecule has 0 atom stereocenters. The summed E-state index contributed by atoms with van der Waals surface area (Å²) < 4.78 is 25.4. The van der Waals surface area contributed by atoms with Crippen molar-refractivity contribution < 1.29 is 13.2 Å². The highest BCUT2D eigenvalue weighted by atomic mass is 32.2. The maximum absolute atomic E-state index is 11.7. The van der Waals surface area contributed by atoms with Gasteiger partial charge in [0.05, 0.1) is 24.3 Å². The molecule has 0 saturated heterocycles. The Morgan fingerprint density at radius 1 is 1.45 bits per heavy atom. The molecule has 0 aromatic carbocycles. The molecule has 0 fully saturated rings. The summed E-state index contributed by atoms with van der Waals surface area (Å²) >= 11 is 0. The van der Waals surface area contributed by atoms with Crippen LogP contribution in [0.3, 0.4) is 0 Å². The van der Waals surface area contributed by atoms with Crippen LogP contribution in [0.1, 0.15) is 0 Å². The highest BCUT2D eigenvalue weighted by molar-refractivity contribution is 7.92. The number of rotatable bonds is 5. The number of sulfonamides is 1. The van der Waals surface area contributed by atoms with Gasteiger partial charge in [-0.2, -0.15) is 0 Å². The minimum atomic E-state index is -3.42. The average Bonchev–Trinajstić information content (AvgIpc) is 2.75. The Bertz CT molecular complexity index is 697. The molecule has 0 spiro atoms. The van der Waals surface area contributed by atoms with Gasteiger partial charge in [0.15, 0.2) is 5.82 Å². The van der Waals surface area contributed by atoms with Gasteiger partial charge in [-0.1, -0.05) is 5.21 Å². The lowest BCUT2D eigenvalue weighted by Gasteiger charge is -2.03. The van der Waals surface area contributed by atoms with Crippen LogP contribution >= 0.6 is 0 Å². The zero-order valence-corrected chi connectivity index (χ0v) is 11.3. The summed E-state index contributed by atoms with van der Waals surface area (Å²) in [6.07, 6.45) is 5.43. The van der Waals surface area contributed by atoms with Crippen LogP contribution in [0.4, 0.5) is 11.5 Å². The molecule has 9 nitrogen and oxygen atoms in total. The number of carbonyl (C=O) groups excluding carboxylic acids is 1. The SMILES string of the molecule is CS(=O)(=O)Nc1cn(CC(=O)Nc2cccnc2)nn1. The van der Waals surface area contributed by atoms with Gasteiger partial charge in [0, 0.05) is 6.20 Å². The van der Waals surface area contributed by atoms with Crippen LogP contribution in [0.5, 0.6) is 0 Å². The van der Waals surface area contributed by atoms with Crippen molar-refractivity contribution in [1.82, 2.24) is 20.0 Å². The van der Waals surface area contributed by atoms with Crippen molar-refractivity contribution in [2.75, 3.05) is 16.3 Å². The third-order valence-electron chi connectivity index (χ3n) is 2.08. The van der Waals surface area contributed by atoms with E-state index in [1.807, 2.05) is 0 Å². The normalized spacial score (nSPS) is 11.1. The highest BCUT2D eigenvalue weighted by Crippen LogP contribution is 2.04. The summed E-state index contributed by atoms with van der Waals surface area (Å²) in [5, 5.41) is 9.86. The Kier molecular flexibility index (Phi) is 3.94. The van der Waals surface area contributed by atoms with Gasteiger partial charge in [0.1, 0.15) is 6.54 Å². The van der Waals surface area contributed by atoms with E-state index in [1.165, 1.54) is 17.1 Å². The molecule has 0 aliphatic rings. The van der Waals surface area contributed by atoms with Crippen LogP contribution in [0.15, 0.2) is 30.7 Å². The summed E-state index contributed by atoms with van der Waals surface area (Å²) in [5.41, 5.74) is 0.562. The van der Waals surface area contributed by atoms with E-state index in [-0.39, 0.29) is 18.3 Å². The van der Waals surface area contributed by atoms with Crippen LogP contribution in [-0.4, -0.2) is 40.6 Å². The van der Waals surface area contributed by atoms with Gasteiger partial charge in [-0.3, -0.25) is 14.5 Å². The molecule has 106 valence electrons. The molecule has 0 aliphatic carbocycles. The van der Waals surface area contributed by atoms with Gasteiger partial charge in [0.25, 0.3) is 0 Å². The van der Waals surface area contributed by atoms with Crippen LogP contribution < -0.4 is 10.0 Å². The van der Waals surface area contributed by atoms with Crippen molar-refractivity contribution in [2.24, 2.45) is 0 Å². The lowest BCUT2D eigenvalue weighted by atomic mass is 10.4. The number of pyridine rings is 1. The third kappa shape index (κ3) is 4.31. The molecule has 0 unspecified atom stereocenters. The zero-order valence-electron chi connectivity index (χ0n) is 10.5. The van der Waals surface area contributed by atoms with Gasteiger partial charge < -0.3 is 5.32 Å². The maximum atomic E-state index is 11.7. The van der Waals surface area contributed by atoms with Crippen molar-refractivity contribution in [2.45, 2.75) is 6.54 Å². The number of nitrogens with one attached hydrogen (secondary N) is 2. The summed E-state index contributed by atoms with van der Waals surface area (Å²) in [7, 11) is -3.42. The molecule has 0 saturated carbocycles. The fourth-order valence-electron chi connectivity index (χ4n) is 1.40. The molecule has 2 rings (SSSR count). The molecular weight excluding hydrogens is 284 g/mol. The fourth-order valence-corrected chi connectivity index (χ4v) is 1.87. The van der Waals surface area contributed by atoms with E-state index in [0.717, 1.165) is 6.26 Å². The van der Waals surface area contributed by atoms with Crippen molar-refractivity contribution >= 4 is 27.4 Å². The number of carbonyl (C=O) groups is 1.